The van der Waals surface area contributed by atoms with E-state index < -0.39 is 0 Å². The molecule has 0 unspecified atom stereocenters. The van der Waals surface area contributed by atoms with Gasteiger partial charge >= 0.3 is 0 Å². The van der Waals surface area contributed by atoms with Gasteiger partial charge < -0.3 is 5.73 Å². The second-order valence-electron chi connectivity index (χ2n) is 3.24. The quantitative estimate of drug-likeness (QED) is 0.644. The van der Waals surface area contributed by atoms with E-state index in [1.54, 1.807) is 22.9 Å². The predicted molar refractivity (Wildman–Crippen MR) is 58.4 cm³/mol. The Morgan fingerprint density at radius 2 is 1.94 bits per heavy atom. The summed E-state index contributed by atoms with van der Waals surface area (Å²) >= 11 is 0. The molecule has 0 spiro atoms. The zero-order valence-electron chi connectivity index (χ0n) is 8.28. The van der Waals surface area contributed by atoms with E-state index in [9.17, 15) is 0 Å². The number of rotatable bonds is 1. The van der Waals surface area contributed by atoms with Gasteiger partial charge in [-0.1, -0.05) is 6.07 Å². The third kappa shape index (κ3) is 1.20. The second-order valence-corrected chi connectivity index (χ2v) is 3.24. The zero-order chi connectivity index (χ0) is 11.0. The van der Waals surface area contributed by atoms with Gasteiger partial charge in [0.15, 0.2) is 11.5 Å². The van der Waals surface area contributed by atoms with Crippen LogP contribution in [0.4, 0.5) is 5.95 Å². The molecule has 3 aromatic rings. The second kappa shape index (κ2) is 3.27. The summed E-state index contributed by atoms with van der Waals surface area (Å²) in [7, 11) is 0. The van der Waals surface area contributed by atoms with Gasteiger partial charge in [0.25, 0.3) is 0 Å². The number of pyridine rings is 1. The smallest absolute Gasteiger partial charge is 0.207 e. The minimum atomic E-state index is 0.350. The Bertz CT molecular complexity index is 630. The lowest BCUT2D eigenvalue weighted by Crippen LogP contribution is -2.01. The fraction of sp³-hybridized carbons (Fsp3) is 0. The Kier molecular flexibility index (Phi) is 1.79. The van der Waals surface area contributed by atoms with Crippen molar-refractivity contribution in [3.05, 3.63) is 36.7 Å². The molecule has 0 aromatic carbocycles. The summed E-state index contributed by atoms with van der Waals surface area (Å²) in [5.41, 5.74) is 7.16. The molecule has 3 rings (SSSR count). The summed E-state index contributed by atoms with van der Waals surface area (Å²) in [6, 6.07) is 7.32. The standard InChI is InChI=1S/C10H8N6/c11-10-13-6-4-8-14-15-9(16(8)10)7-3-1-2-5-12-7/h1-6H,(H2,11,13). The number of hydrogen-bond acceptors (Lipinski definition) is 5. The van der Waals surface area contributed by atoms with Crippen LogP contribution >= 0.6 is 0 Å². The van der Waals surface area contributed by atoms with Crippen LogP contribution in [-0.2, 0) is 0 Å². The molecule has 6 heteroatoms. The molecule has 0 amide bonds. The van der Waals surface area contributed by atoms with E-state index in [1.165, 1.54) is 0 Å². The third-order valence-electron chi connectivity index (χ3n) is 2.24. The topological polar surface area (TPSA) is 82.0 Å². The first-order chi connectivity index (χ1) is 7.86. The van der Waals surface area contributed by atoms with Crippen LogP contribution in [0.25, 0.3) is 17.2 Å². The summed E-state index contributed by atoms with van der Waals surface area (Å²) in [6.45, 7) is 0. The molecule has 3 heterocycles. The molecule has 0 saturated carbocycles. The van der Waals surface area contributed by atoms with Crippen LogP contribution in [0.1, 0.15) is 0 Å². The number of anilines is 1. The fourth-order valence-corrected chi connectivity index (χ4v) is 1.53. The summed E-state index contributed by atoms with van der Waals surface area (Å²) in [5.74, 6) is 0.948. The Morgan fingerprint density at radius 1 is 1.00 bits per heavy atom. The molecule has 0 atom stereocenters. The van der Waals surface area contributed by atoms with E-state index in [2.05, 4.69) is 20.2 Å². The molecule has 0 saturated heterocycles. The highest BCUT2D eigenvalue weighted by atomic mass is 15.3. The summed E-state index contributed by atoms with van der Waals surface area (Å²) in [6.07, 6.45) is 3.30. The van der Waals surface area contributed by atoms with E-state index in [4.69, 9.17) is 5.73 Å². The van der Waals surface area contributed by atoms with Crippen molar-refractivity contribution in [1.82, 2.24) is 24.6 Å². The lowest BCUT2D eigenvalue weighted by atomic mass is 10.3. The minimum Gasteiger partial charge on any atom is -0.369 e. The fourth-order valence-electron chi connectivity index (χ4n) is 1.53. The molecule has 0 bridgehead atoms. The summed E-state index contributed by atoms with van der Waals surface area (Å²) < 4.78 is 1.67. The van der Waals surface area contributed by atoms with Crippen LogP contribution in [0.3, 0.4) is 0 Å². The first-order valence-corrected chi connectivity index (χ1v) is 4.73. The van der Waals surface area contributed by atoms with Crippen molar-refractivity contribution in [2.45, 2.75) is 0 Å². The monoisotopic (exact) mass is 212 g/mol. The van der Waals surface area contributed by atoms with Gasteiger partial charge in [-0.2, -0.15) is 0 Å². The van der Waals surface area contributed by atoms with Gasteiger partial charge in [-0.15, -0.1) is 10.2 Å². The van der Waals surface area contributed by atoms with Gasteiger partial charge in [-0.05, 0) is 12.1 Å². The van der Waals surface area contributed by atoms with Crippen LogP contribution < -0.4 is 5.73 Å². The first kappa shape index (κ1) is 8.78. The third-order valence-corrected chi connectivity index (χ3v) is 2.24. The number of aromatic nitrogens is 5. The molecule has 6 nitrogen and oxygen atoms in total. The minimum absolute atomic E-state index is 0.350. The first-order valence-electron chi connectivity index (χ1n) is 4.73. The van der Waals surface area contributed by atoms with Gasteiger partial charge in [-0.3, -0.25) is 4.98 Å². The lowest BCUT2D eigenvalue weighted by molar-refractivity contribution is 1.07. The van der Waals surface area contributed by atoms with Crippen molar-refractivity contribution in [2.75, 3.05) is 5.73 Å². The van der Waals surface area contributed by atoms with Crippen LogP contribution in [0.2, 0.25) is 0 Å². The number of nitrogens with two attached hydrogens (primary N) is 1. The number of nitrogen functional groups attached to an aromatic ring is 1. The van der Waals surface area contributed by atoms with Gasteiger partial charge in [0.2, 0.25) is 5.95 Å². The Morgan fingerprint density at radius 3 is 2.75 bits per heavy atom. The summed E-state index contributed by atoms with van der Waals surface area (Å²) in [5, 5.41) is 8.07. The molecule has 16 heavy (non-hydrogen) atoms. The highest BCUT2D eigenvalue weighted by molar-refractivity contribution is 5.57. The molecular weight excluding hydrogens is 204 g/mol. The van der Waals surface area contributed by atoms with Crippen molar-refractivity contribution in [1.29, 1.82) is 0 Å². The van der Waals surface area contributed by atoms with Gasteiger partial charge in [0.05, 0.1) is 0 Å². The maximum Gasteiger partial charge on any atom is 0.207 e. The van der Waals surface area contributed by atoms with E-state index >= 15 is 0 Å². The van der Waals surface area contributed by atoms with Crippen LogP contribution in [0.15, 0.2) is 36.7 Å². The Balaban J connectivity index is 2.33. The largest absolute Gasteiger partial charge is 0.369 e. The SMILES string of the molecule is Nc1nccc2nnc(-c3ccccn3)n12. The van der Waals surface area contributed by atoms with Gasteiger partial charge in [0.1, 0.15) is 5.69 Å². The van der Waals surface area contributed by atoms with Gasteiger partial charge in [-0.25, -0.2) is 9.38 Å². The molecule has 78 valence electrons. The van der Waals surface area contributed by atoms with Crippen molar-refractivity contribution >= 4 is 11.6 Å². The highest BCUT2D eigenvalue weighted by Gasteiger charge is 2.10. The van der Waals surface area contributed by atoms with Crippen molar-refractivity contribution < 1.29 is 0 Å². The van der Waals surface area contributed by atoms with Crippen molar-refractivity contribution in [2.24, 2.45) is 0 Å². The van der Waals surface area contributed by atoms with E-state index in [1.807, 2.05) is 18.2 Å². The maximum atomic E-state index is 5.78. The van der Waals surface area contributed by atoms with Crippen LogP contribution in [0, 0.1) is 0 Å². The lowest BCUT2D eigenvalue weighted by Gasteiger charge is -2.00. The average Bonchev–Trinajstić information content (AvgIpc) is 2.75. The Labute approximate surface area is 90.8 Å². The zero-order valence-corrected chi connectivity index (χ0v) is 8.28. The number of nitrogens with zero attached hydrogens (tertiary/aromatic N) is 5. The van der Waals surface area contributed by atoms with Crippen LogP contribution in [0.5, 0.6) is 0 Å². The molecule has 0 aliphatic rings. The molecule has 0 radical (unpaired) electrons. The molecule has 2 N–H and O–H groups in total. The molecule has 3 aromatic heterocycles. The van der Waals surface area contributed by atoms with E-state index in [-0.39, 0.29) is 0 Å². The summed E-state index contributed by atoms with van der Waals surface area (Å²) in [4.78, 5) is 8.20. The van der Waals surface area contributed by atoms with Crippen molar-refractivity contribution in [3.63, 3.8) is 0 Å². The number of fused-ring (bicyclic) bond motifs is 1. The molecule has 0 fully saturated rings. The van der Waals surface area contributed by atoms with E-state index in [0.29, 0.717) is 17.4 Å². The molecular formula is C10H8N6. The van der Waals surface area contributed by atoms with Crippen molar-refractivity contribution in [3.8, 4) is 11.5 Å². The highest BCUT2D eigenvalue weighted by Crippen LogP contribution is 2.16. The molecule has 0 aliphatic carbocycles. The van der Waals surface area contributed by atoms with Gasteiger partial charge in [0, 0.05) is 18.5 Å². The molecule has 0 aliphatic heterocycles. The number of hydrogen-bond donors (Lipinski definition) is 1. The Hall–Kier alpha value is -2.50. The predicted octanol–water partition coefficient (Wildman–Crippen LogP) is 0.768. The normalized spacial score (nSPS) is 10.8. The van der Waals surface area contributed by atoms with E-state index in [0.717, 1.165) is 5.69 Å². The maximum absolute atomic E-state index is 5.78. The van der Waals surface area contributed by atoms with Crippen LogP contribution in [-0.4, -0.2) is 24.6 Å². The average molecular weight is 212 g/mol.